The third-order valence-electron chi connectivity index (χ3n) is 1.51. The van der Waals surface area contributed by atoms with Crippen molar-refractivity contribution in [2.24, 2.45) is 5.10 Å². The SMILES string of the molecule is N#CCC(=O)NN=Cc1cccc(O)c1. The number of hydrogen-bond acceptors (Lipinski definition) is 4. The molecule has 0 atom stereocenters. The molecule has 1 amide bonds. The molecule has 0 fully saturated rings. The number of aromatic hydroxyl groups is 1. The van der Waals surface area contributed by atoms with Gasteiger partial charge in [-0.25, -0.2) is 5.43 Å². The normalized spacial score (nSPS) is 9.80. The standard InChI is InChI=1S/C10H9N3O2/c11-5-4-10(15)13-12-7-8-2-1-3-9(14)6-8/h1-3,6-7,14H,4H2,(H,13,15). The molecule has 0 saturated carbocycles. The van der Waals surface area contributed by atoms with E-state index in [0.717, 1.165) is 0 Å². The minimum absolute atomic E-state index is 0.127. The summed E-state index contributed by atoms with van der Waals surface area (Å²) in [5, 5.41) is 20.9. The Kier molecular flexibility index (Phi) is 3.86. The minimum atomic E-state index is -0.464. The van der Waals surface area contributed by atoms with Crippen molar-refractivity contribution in [3.63, 3.8) is 0 Å². The van der Waals surface area contributed by atoms with Crippen LogP contribution in [-0.2, 0) is 4.79 Å². The number of hydrogen-bond donors (Lipinski definition) is 2. The molecule has 0 bridgehead atoms. The summed E-state index contributed by atoms with van der Waals surface area (Å²) >= 11 is 0. The first kappa shape index (κ1) is 10.7. The van der Waals surface area contributed by atoms with Crippen LogP contribution in [0.1, 0.15) is 12.0 Å². The summed E-state index contributed by atoms with van der Waals surface area (Å²) in [5.41, 5.74) is 2.84. The second-order valence-electron chi connectivity index (χ2n) is 2.72. The average Bonchev–Trinajstić information content (AvgIpc) is 2.18. The number of nitriles is 1. The third-order valence-corrected chi connectivity index (χ3v) is 1.51. The number of rotatable bonds is 3. The fourth-order valence-electron chi connectivity index (χ4n) is 0.895. The van der Waals surface area contributed by atoms with Crippen molar-refractivity contribution in [3.8, 4) is 11.8 Å². The van der Waals surface area contributed by atoms with Gasteiger partial charge in [-0.05, 0) is 17.7 Å². The third kappa shape index (κ3) is 3.91. The highest BCUT2D eigenvalue weighted by molar-refractivity contribution is 5.83. The Labute approximate surface area is 86.7 Å². The van der Waals surface area contributed by atoms with Crippen molar-refractivity contribution in [1.82, 2.24) is 5.43 Å². The van der Waals surface area contributed by atoms with Gasteiger partial charge in [-0.1, -0.05) is 12.1 Å². The van der Waals surface area contributed by atoms with Gasteiger partial charge < -0.3 is 5.11 Å². The van der Waals surface area contributed by atoms with Crippen LogP contribution in [0.2, 0.25) is 0 Å². The Bertz CT molecular complexity index is 421. The van der Waals surface area contributed by atoms with Crippen molar-refractivity contribution in [2.45, 2.75) is 6.42 Å². The number of benzene rings is 1. The van der Waals surface area contributed by atoms with Gasteiger partial charge in [0.1, 0.15) is 12.2 Å². The second kappa shape index (κ2) is 5.40. The van der Waals surface area contributed by atoms with Gasteiger partial charge in [0, 0.05) is 0 Å². The maximum absolute atomic E-state index is 10.8. The summed E-state index contributed by atoms with van der Waals surface area (Å²) in [7, 11) is 0. The van der Waals surface area contributed by atoms with Crippen LogP contribution in [0.3, 0.4) is 0 Å². The molecular weight excluding hydrogens is 194 g/mol. The van der Waals surface area contributed by atoms with Gasteiger partial charge in [-0.3, -0.25) is 4.79 Å². The van der Waals surface area contributed by atoms with Crippen LogP contribution in [-0.4, -0.2) is 17.2 Å². The predicted molar refractivity (Wildman–Crippen MR) is 54.1 cm³/mol. The fraction of sp³-hybridized carbons (Fsp3) is 0.100. The number of carbonyl (C=O) groups is 1. The second-order valence-corrected chi connectivity index (χ2v) is 2.72. The van der Waals surface area contributed by atoms with Crippen molar-refractivity contribution in [2.75, 3.05) is 0 Å². The summed E-state index contributed by atoms with van der Waals surface area (Å²) in [4.78, 5) is 10.8. The molecule has 1 aromatic rings. The van der Waals surface area contributed by atoms with Crippen molar-refractivity contribution < 1.29 is 9.90 Å². The molecule has 1 rings (SSSR count). The van der Waals surface area contributed by atoms with E-state index in [4.69, 9.17) is 10.4 Å². The Morgan fingerprint density at radius 2 is 2.47 bits per heavy atom. The van der Waals surface area contributed by atoms with E-state index >= 15 is 0 Å². The molecule has 2 N–H and O–H groups in total. The van der Waals surface area contributed by atoms with Gasteiger partial charge in [-0.2, -0.15) is 10.4 Å². The van der Waals surface area contributed by atoms with Gasteiger partial charge >= 0.3 is 0 Å². The molecular formula is C10H9N3O2. The first-order chi connectivity index (χ1) is 7.22. The summed E-state index contributed by atoms with van der Waals surface area (Å²) in [6.45, 7) is 0. The number of phenolic OH excluding ortho intramolecular Hbond substituents is 1. The number of carbonyl (C=O) groups excluding carboxylic acids is 1. The highest BCUT2D eigenvalue weighted by Gasteiger charge is 1.95. The van der Waals surface area contributed by atoms with Gasteiger partial charge in [0.25, 0.3) is 5.91 Å². The topological polar surface area (TPSA) is 85.5 Å². The van der Waals surface area contributed by atoms with Crippen LogP contribution >= 0.6 is 0 Å². The zero-order valence-corrected chi connectivity index (χ0v) is 7.84. The van der Waals surface area contributed by atoms with Crippen LogP contribution in [0.4, 0.5) is 0 Å². The molecule has 15 heavy (non-hydrogen) atoms. The summed E-state index contributed by atoms with van der Waals surface area (Å²) in [6, 6.07) is 8.12. The summed E-state index contributed by atoms with van der Waals surface area (Å²) in [6.07, 6.45) is 1.16. The Hall–Kier alpha value is -2.35. The maximum atomic E-state index is 10.8. The molecule has 0 aliphatic heterocycles. The summed E-state index contributed by atoms with van der Waals surface area (Å²) < 4.78 is 0. The number of hydrazone groups is 1. The van der Waals surface area contributed by atoms with Gasteiger partial charge in [0.15, 0.2) is 0 Å². The molecule has 0 saturated heterocycles. The van der Waals surface area contributed by atoms with Crippen LogP contribution in [0, 0.1) is 11.3 Å². The van der Waals surface area contributed by atoms with Crippen molar-refractivity contribution in [1.29, 1.82) is 5.26 Å². The van der Waals surface area contributed by atoms with Crippen molar-refractivity contribution in [3.05, 3.63) is 29.8 Å². The Morgan fingerprint density at radius 3 is 3.13 bits per heavy atom. The molecule has 0 aliphatic rings. The molecule has 0 heterocycles. The minimum Gasteiger partial charge on any atom is -0.508 e. The van der Waals surface area contributed by atoms with E-state index in [1.165, 1.54) is 18.3 Å². The van der Waals surface area contributed by atoms with Gasteiger partial charge in [0.2, 0.25) is 0 Å². The van der Waals surface area contributed by atoms with Crippen LogP contribution in [0.15, 0.2) is 29.4 Å². The first-order valence-electron chi connectivity index (χ1n) is 4.20. The first-order valence-corrected chi connectivity index (χ1v) is 4.20. The monoisotopic (exact) mass is 203 g/mol. The van der Waals surface area contributed by atoms with Crippen LogP contribution < -0.4 is 5.43 Å². The fourth-order valence-corrected chi connectivity index (χ4v) is 0.895. The summed E-state index contributed by atoms with van der Waals surface area (Å²) in [5.74, 6) is -0.337. The van der Waals surface area contributed by atoms with E-state index in [2.05, 4.69) is 10.5 Å². The average molecular weight is 203 g/mol. The van der Waals surface area contributed by atoms with E-state index in [0.29, 0.717) is 5.56 Å². The molecule has 0 aromatic heterocycles. The van der Waals surface area contributed by atoms with Gasteiger partial charge in [0.05, 0.1) is 12.3 Å². The molecule has 0 aliphatic carbocycles. The lowest BCUT2D eigenvalue weighted by atomic mass is 10.2. The smallest absolute Gasteiger partial charge is 0.254 e. The largest absolute Gasteiger partial charge is 0.508 e. The quantitative estimate of drug-likeness (QED) is 0.561. The molecule has 1 aromatic carbocycles. The molecule has 0 unspecified atom stereocenters. The molecule has 76 valence electrons. The van der Waals surface area contributed by atoms with E-state index in [9.17, 15) is 4.79 Å². The number of amides is 1. The van der Waals surface area contributed by atoms with Gasteiger partial charge in [-0.15, -0.1) is 0 Å². The highest BCUT2D eigenvalue weighted by Crippen LogP contribution is 2.08. The zero-order valence-electron chi connectivity index (χ0n) is 7.84. The molecule has 0 radical (unpaired) electrons. The maximum Gasteiger partial charge on any atom is 0.254 e. The Balaban J connectivity index is 2.52. The number of phenols is 1. The molecule has 5 nitrogen and oxygen atoms in total. The lowest BCUT2D eigenvalue weighted by molar-refractivity contribution is -0.120. The molecule has 0 spiro atoms. The van der Waals surface area contributed by atoms with Crippen molar-refractivity contribution >= 4 is 12.1 Å². The zero-order chi connectivity index (χ0) is 11.1. The van der Waals surface area contributed by atoms with E-state index in [-0.39, 0.29) is 12.2 Å². The predicted octanol–water partition coefficient (Wildman–Crippen LogP) is 0.756. The lowest BCUT2D eigenvalue weighted by Gasteiger charge is -1.95. The van der Waals surface area contributed by atoms with E-state index in [1.807, 2.05) is 0 Å². The Morgan fingerprint density at radius 1 is 1.67 bits per heavy atom. The van der Waals surface area contributed by atoms with Crippen LogP contribution in [0.5, 0.6) is 5.75 Å². The van der Waals surface area contributed by atoms with Crippen LogP contribution in [0.25, 0.3) is 0 Å². The van der Waals surface area contributed by atoms with E-state index in [1.54, 1.807) is 18.2 Å². The lowest BCUT2D eigenvalue weighted by Crippen LogP contribution is -2.16. The van der Waals surface area contributed by atoms with E-state index < -0.39 is 5.91 Å². The number of nitrogens with zero attached hydrogens (tertiary/aromatic N) is 2. The number of nitrogens with one attached hydrogen (secondary N) is 1. The molecule has 5 heteroatoms. The highest BCUT2D eigenvalue weighted by atomic mass is 16.3.